The third-order valence-electron chi connectivity index (χ3n) is 4.08. The number of carbonyl (C=O) groups excluding carboxylic acids is 1. The zero-order valence-corrected chi connectivity index (χ0v) is 10.7. The van der Waals surface area contributed by atoms with E-state index in [9.17, 15) is 18.0 Å². The van der Waals surface area contributed by atoms with E-state index in [0.29, 0.717) is 25.1 Å². The summed E-state index contributed by atoms with van der Waals surface area (Å²) in [5, 5.41) is 0. The van der Waals surface area contributed by atoms with Crippen LogP contribution in [0.1, 0.15) is 39.5 Å². The van der Waals surface area contributed by atoms with Crippen LogP contribution in [0.15, 0.2) is 11.8 Å². The van der Waals surface area contributed by atoms with Crippen molar-refractivity contribution in [2.75, 3.05) is 6.54 Å². The third-order valence-corrected chi connectivity index (χ3v) is 4.08. The number of amides is 1. The number of halogens is 3. The number of hydrogen-bond donors (Lipinski definition) is 0. The fourth-order valence-corrected chi connectivity index (χ4v) is 2.69. The second kappa shape index (κ2) is 4.28. The highest BCUT2D eigenvalue weighted by Crippen LogP contribution is 2.47. The van der Waals surface area contributed by atoms with Crippen molar-refractivity contribution in [2.24, 2.45) is 11.3 Å². The van der Waals surface area contributed by atoms with Crippen molar-refractivity contribution in [3.8, 4) is 0 Å². The van der Waals surface area contributed by atoms with Gasteiger partial charge in [0.05, 0.1) is 5.41 Å². The summed E-state index contributed by atoms with van der Waals surface area (Å²) in [4.78, 5) is 13.4. The lowest BCUT2D eigenvalue weighted by Crippen LogP contribution is -2.38. The van der Waals surface area contributed by atoms with Crippen LogP contribution >= 0.6 is 0 Å². The maximum Gasteiger partial charge on any atom is 0.397 e. The molecule has 0 bridgehead atoms. The Balaban J connectivity index is 2.26. The van der Waals surface area contributed by atoms with Gasteiger partial charge in [0, 0.05) is 18.2 Å². The molecule has 5 heteroatoms. The molecule has 0 aromatic carbocycles. The molecule has 2 atom stereocenters. The predicted molar refractivity (Wildman–Crippen MR) is 61.6 cm³/mol. The maximum absolute atomic E-state index is 13.0. The molecular weight excluding hydrogens is 243 g/mol. The summed E-state index contributed by atoms with van der Waals surface area (Å²) in [6, 6.07) is 0. The van der Waals surface area contributed by atoms with Crippen LogP contribution in [0.2, 0.25) is 0 Å². The summed E-state index contributed by atoms with van der Waals surface area (Å²) < 4.78 is 39.0. The quantitative estimate of drug-likeness (QED) is 0.707. The SMILES string of the molecule is CC1CCN(C2=CC(C)(C(F)(F)F)CCC2)C1=O. The van der Waals surface area contributed by atoms with Crippen molar-refractivity contribution in [3.05, 3.63) is 11.8 Å². The Morgan fingerprint density at radius 2 is 2.11 bits per heavy atom. The smallest absolute Gasteiger partial charge is 0.316 e. The van der Waals surface area contributed by atoms with Gasteiger partial charge in [-0.05, 0) is 38.7 Å². The van der Waals surface area contributed by atoms with Crippen LogP contribution < -0.4 is 0 Å². The largest absolute Gasteiger partial charge is 0.397 e. The van der Waals surface area contributed by atoms with Crippen molar-refractivity contribution < 1.29 is 18.0 Å². The van der Waals surface area contributed by atoms with Gasteiger partial charge in [-0.1, -0.05) is 6.92 Å². The molecule has 0 radical (unpaired) electrons. The molecule has 1 saturated heterocycles. The Bertz CT molecular complexity index is 388. The Labute approximate surface area is 105 Å². The first kappa shape index (κ1) is 13.4. The lowest BCUT2D eigenvalue weighted by Gasteiger charge is -2.35. The summed E-state index contributed by atoms with van der Waals surface area (Å²) in [5.41, 5.74) is -1.22. The topological polar surface area (TPSA) is 20.3 Å². The highest BCUT2D eigenvalue weighted by atomic mass is 19.4. The fourth-order valence-electron chi connectivity index (χ4n) is 2.69. The minimum Gasteiger partial charge on any atom is -0.316 e. The van der Waals surface area contributed by atoms with Gasteiger partial charge in [0.25, 0.3) is 0 Å². The highest BCUT2D eigenvalue weighted by Gasteiger charge is 2.51. The van der Waals surface area contributed by atoms with Crippen LogP contribution in [0, 0.1) is 11.3 Å². The molecule has 2 nitrogen and oxygen atoms in total. The number of rotatable bonds is 1. The summed E-state index contributed by atoms with van der Waals surface area (Å²) >= 11 is 0. The van der Waals surface area contributed by atoms with Crippen molar-refractivity contribution in [2.45, 2.75) is 45.7 Å². The molecule has 2 rings (SSSR count). The summed E-state index contributed by atoms with van der Waals surface area (Å²) in [6.07, 6.45) is -1.07. The molecule has 1 aliphatic heterocycles. The third kappa shape index (κ3) is 2.15. The molecule has 0 aromatic heterocycles. The molecule has 2 unspecified atom stereocenters. The number of likely N-dealkylation sites (tertiary alicyclic amines) is 1. The molecule has 0 saturated carbocycles. The van der Waals surface area contributed by atoms with Crippen LogP contribution in [-0.4, -0.2) is 23.5 Å². The summed E-state index contributed by atoms with van der Waals surface area (Å²) in [6.45, 7) is 3.60. The van der Waals surface area contributed by atoms with E-state index < -0.39 is 11.6 Å². The first-order chi connectivity index (χ1) is 8.24. The minimum atomic E-state index is -4.24. The summed E-state index contributed by atoms with van der Waals surface area (Å²) in [5.74, 6) is -0.0994. The van der Waals surface area contributed by atoms with Crippen LogP contribution in [0.5, 0.6) is 0 Å². The van der Waals surface area contributed by atoms with Gasteiger partial charge in [0.2, 0.25) is 5.91 Å². The molecule has 1 amide bonds. The van der Waals surface area contributed by atoms with E-state index in [1.54, 1.807) is 4.90 Å². The molecule has 1 fully saturated rings. The Morgan fingerprint density at radius 1 is 1.44 bits per heavy atom. The van der Waals surface area contributed by atoms with Gasteiger partial charge in [0.15, 0.2) is 0 Å². The van der Waals surface area contributed by atoms with Crippen LogP contribution in [0.25, 0.3) is 0 Å². The van der Waals surface area contributed by atoms with Crippen molar-refractivity contribution >= 4 is 5.91 Å². The van der Waals surface area contributed by atoms with Gasteiger partial charge in [-0.25, -0.2) is 0 Å². The van der Waals surface area contributed by atoms with Crippen LogP contribution in [-0.2, 0) is 4.79 Å². The molecular formula is C13H18F3NO. The molecule has 0 N–H and O–H groups in total. The number of allylic oxidation sites excluding steroid dienone is 2. The van der Waals surface area contributed by atoms with Gasteiger partial charge < -0.3 is 4.90 Å². The lowest BCUT2D eigenvalue weighted by molar-refractivity contribution is -0.204. The van der Waals surface area contributed by atoms with E-state index in [0.717, 1.165) is 6.42 Å². The first-order valence-electron chi connectivity index (χ1n) is 6.34. The van der Waals surface area contributed by atoms with Gasteiger partial charge >= 0.3 is 6.18 Å². The maximum atomic E-state index is 13.0. The fraction of sp³-hybridized carbons (Fsp3) is 0.769. The van der Waals surface area contributed by atoms with Crippen molar-refractivity contribution in [1.29, 1.82) is 0 Å². The summed E-state index contributed by atoms with van der Waals surface area (Å²) in [7, 11) is 0. The minimum absolute atomic E-state index is 0.0346. The van der Waals surface area contributed by atoms with E-state index in [4.69, 9.17) is 0 Å². The lowest BCUT2D eigenvalue weighted by atomic mass is 9.79. The van der Waals surface area contributed by atoms with Crippen molar-refractivity contribution in [1.82, 2.24) is 4.90 Å². The number of hydrogen-bond acceptors (Lipinski definition) is 1. The van der Waals surface area contributed by atoms with Gasteiger partial charge in [0.1, 0.15) is 0 Å². The second-order valence-corrected chi connectivity index (χ2v) is 5.58. The Morgan fingerprint density at radius 3 is 2.61 bits per heavy atom. The number of carbonyl (C=O) groups is 1. The van der Waals surface area contributed by atoms with Crippen LogP contribution in [0.4, 0.5) is 13.2 Å². The average molecular weight is 261 g/mol. The second-order valence-electron chi connectivity index (χ2n) is 5.58. The molecule has 2 aliphatic rings. The first-order valence-corrected chi connectivity index (χ1v) is 6.34. The normalized spacial score (nSPS) is 33.8. The van der Waals surface area contributed by atoms with Gasteiger partial charge in [-0.3, -0.25) is 4.79 Å². The average Bonchev–Trinajstić information content (AvgIpc) is 2.58. The van der Waals surface area contributed by atoms with Crippen molar-refractivity contribution in [3.63, 3.8) is 0 Å². The van der Waals surface area contributed by atoms with Crippen LogP contribution in [0.3, 0.4) is 0 Å². The highest BCUT2D eigenvalue weighted by molar-refractivity contribution is 5.82. The van der Waals surface area contributed by atoms with E-state index >= 15 is 0 Å². The molecule has 1 heterocycles. The number of nitrogens with zero attached hydrogens (tertiary/aromatic N) is 1. The molecule has 0 spiro atoms. The zero-order chi connectivity index (χ0) is 13.6. The molecule has 102 valence electrons. The monoisotopic (exact) mass is 261 g/mol. The Kier molecular flexibility index (Phi) is 3.19. The van der Waals surface area contributed by atoms with E-state index in [1.165, 1.54) is 13.0 Å². The predicted octanol–water partition coefficient (Wildman–Crippen LogP) is 3.49. The zero-order valence-electron chi connectivity index (χ0n) is 10.7. The Hall–Kier alpha value is -1.00. The van der Waals surface area contributed by atoms with Gasteiger partial charge in [-0.2, -0.15) is 13.2 Å². The molecule has 18 heavy (non-hydrogen) atoms. The van der Waals surface area contributed by atoms with E-state index in [-0.39, 0.29) is 18.2 Å². The molecule has 0 aromatic rings. The molecule has 1 aliphatic carbocycles. The van der Waals surface area contributed by atoms with E-state index in [2.05, 4.69) is 0 Å². The standard InChI is InChI=1S/C13H18F3NO/c1-9-5-7-17(11(9)18)10-4-3-6-12(2,8-10)13(14,15)16/h8-9H,3-7H2,1-2H3. The number of alkyl halides is 3. The van der Waals surface area contributed by atoms with E-state index in [1.807, 2.05) is 6.92 Å². The van der Waals surface area contributed by atoms with Gasteiger partial charge in [-0.15, -0.1) is 0 Å².